The van der Waals surface area contributed by atoms with Crippen molar-refractivity contribution in [3.8, 4) is 23.0 Å². The fourth-order valence-electron chi connectivity index (χ4n) is 5.03. The van der Waals surface area contributed by atoms with Crippen LogP contribution in [0.1, 0.15) is 21.7 Å². The molecule has 6 heterocycles. The summed E-state index contributed by atoms with van der Waals surface area (Å²) in [6.07, 6.45) is 3.27. The quantitative estimate of drug-likeness (QED) is 0.208. The number of nitrogens with one attached hydrogen (secondary N) is 2. The number of hydrogen-bond donors (Lipinski definition) is 3. The van der Waals surface area contributed by atoms with Crippen molar-refractivity contribution in [2.75, 3.05) is 0 Å². The molecule has 240 valence electrons. The van der Waals surface area contributed by atoms with Crippen LogP contribution in [0.15, 0.2) is 85.2 Å². The predicted octanol–water partition coefficient (Wildman–Crippen LogP) is 4.46. The number of primary amides is 1. The summed E-state index contributed by atoms with van der Waals surface area (Å²) in [5.41, 5.74) is 8.28. The van der Waals surface area contributed by atoms with Crippen molar-refractivity contribution >= 4 is 33.9 Å². The number of H-pyrrole nitrogens is 2. The molecule has 6 aromatic heterocycles. The van der Waals surface area contributed by atoms with Crippen LogP contribution < -0.4 is 5.73 Å². The van der Waals surface area contributed by atoms with Gasteiger partial charge in [0, 0.05) is 23.5 Å². The van der Waals surface area contributed by atoms with Gasteiger partial charge in [0.15, 0.2) is 17.0 Å². The number of benzene rings is 2. The zero-order valence-electron chi connectivity index (χ0n) is 25.2. The van der Waals surface area contributed by atoms with E-state index in [2.05, 4.69) is 55.4 Å². The fourth-order valence-corrected chi connectivity index (χ4v) is 5.03. The van der Waals surface area contributed by atoms with Gasteiger partial charge in [-0.2, -0.15) is 15.3 Å². The number of halogens is 2. The number of nitrogens with zero attached hydrogens (tertiary/aromatic N) is 11. The average Bonchev–Trinajstić information content (AvgIpc) is 3.93. The van der Waals surface area contributed by atoms with Gasteiger partial charge in [0.1, 0.15) is 17.3 Å². The van der Waals surface area contributed by atoms with Gasteiger partial charge in [0.2, 0.25) is 11.6 Å². The predicted molar refractivity (Wildman–Crippen MR) is 172 cm³/mol. The summed E-state index contributed by atoms with van der Waals surface area (Å²) in [6, 6.07) is 20.2. The van der Waals surface area contributed by atoms with Crippen LogP contribution >= 0.6 is 0 Å². The average molecular weight is 657 g/mol. The van der Waals surface area contributed by atoms with E-state index in [4.69, 9.17) is 12.3 Å². The minimum absolute atomic E-state index is 0.0595. The fraction of sp³-hybridized carbons (Fsp3) is 0.0625. The highest BCUT2D eigenvalue weighted by Gasteiger charge is 2.21. The normalized spacial score (nSPS) is 11.0. The summed E-state index contributed by atoms with van der Waals surface area (Å²) >= 11 is 0. The molecule has 0 aliphatic rings. The largest absolute Gasteiger partial charge is 0.395 e. The van der Waals surface area contributed by atoms with Crippen LogP contribution in [0.3, 0.4) is 0 Å². The number of aromatic amines is 2. The molecule has 0 atom stereocenters. The molecule has 0 spiro atoms. The summed E-state index contributed by atoms with van der Waals surface area (Å²) in [5, 5.41) is 23.4. The summed E-state index contributed by atoms with van der Waals surface area (Å²) in [4.78, 5) is 31.2. The Bertz CT molecular complexity index is 2510. The Labute approximate surface area is 274 Å². The van der Waals surface area contributed by atoms with Gasteiger partial charge in [-0.3, -0.25) is 9.89 Å². The molecule has 4 N–H and O–H groups in total. The van der Waals surface area contributed by atoms with E-state index in [0.717, 1.165) is 5.39 Å². The number of rotatable bonds is 7. The standard InChI is InChI=1S/C16H12FN7O.C16H10FN7/c17-11-6-2-1-4-9(11)8-24-16-10(5-3-7-19-16)12(23-24)14-20-15(13(18)25)22-21-14;1-18-16-20-14(21-22-16)13-11-6-4-8-19-15(11)24(23-13)9-10-5-2-3-7-12(10)17/h1-7H,8H2,(H2,18,25)(H,20,21,22);2-8H,9H2,(H,20,21,22). The molecule has 2 aromatic carbocycles. The van der Waals surface area contributed by atoms with Crippen molar-refractivity contribution in [3.05, 3.63) is 125 Å². The number of amides is 1. The first-order valence-electron chi connectivity index (χ1n) is 14.5. The molecular formula is C32H22F2N14O. The maximum absolute atomic E-state index is 14.0. The summed E-state index contributed by atoms with van der Waals surface area (Å²) in [6.45, 7) is 7.41. The van der Waals surface area contributed by atoms with Crippen LogP contribution in [0.25, 0.3) is 49.9 Å². The van der Waals surface area contributed by atoms with Crippen molar-refractivity contribution < 1.29 is 13.6 Å². The molecule has 0 saturated carbocycles. The first kappa shape index (κ1) is 30.4. The Morgan fingerprint density at radius 2 is 1.24 bits per heavy atom. The zero-order chi connectivity index (χ0) is 33.9. The number of pyridine rings is 2. The van der Waals surface area contributed by atoms with E-state index in [1.165, 1.54) is 12.1 Å². The van der Waals surface area contributed by atoms with Gasteiger partial charge in [-0.1, -0.05) is 41.5 Å². The van der Waals surface area contributed by atoms with Crippen molar-refractivity contribution in [1.29, 1.82) is 0 Å². The van der Waals surface area contributed by atoms with Gasteiger partial charge in [-0.25, -0.2) is 38.2 Å². The van der Waals surface area contributed by atoms with Crippen LogP contribution in [0.2, 0.25) is 0 Å². The smallest absolute Gasteiger partial charge is 0.357 e. The van der Waals surface area contributed by atoms with Gasteiger partial charge >= 0.3 is 5.95 Å². The molecule has 0 aliphatic heterocycles. The van der Waals surface area contributed by atoms with Gasteiger partial charge < -0.3 is 10.6 Å². The monoisotopic (exact) mass is 656 g/mol. The van der Waals surface area contributed by atoms with E-state index < -0.39 is 5.91 Å². The summed E-state index contributed by atoms with van der Waals surface area (Å²) in [7, 11) is 0. The van der Waals surface area contributed by atoms with E-state index in [1.54, 1.807) is 70.3 Å². The number of fused-ring (bicyclic) bond motifs is 2. The SMILES string of the molecule is NC(=O)c1nc(-c2nn(Cc3ccccc3F)c3ncccc23)n[nH]1.[C-]#[N+]c1nc(-c2nn(Cc3ccccc3F)c3ncccc23)n[nH]1. The third-order valence-corrected chi connectivity index (χ3v) is 7.29. The number of carbonyl (C=O) groups is 1. The molecule has 49 heavy (non-hydrogen) atoms. The number of aromatic nitrogens is 12. The third kappa shape index (κ3) is 6.04. The Morgan fingerprint density at radius 1 is 0.735 bits per heavy atom. The third-order valence-electron chi connectivity index (χ3n) is 7.29. The van der Waals surface area contributed by atoms with Crippen LogP contribution in [-0.4, -0.2) is 65.8 Å². The molecule has 8 aromatic rings. The van der Waals surface area contributed by atoms with Crippen molar-refractivity contribution in [2.24, 2.45) is 5.73 Å². The lowest BCUT2D eigenvalue weighted by Gasteiger charge is -2.04. The summed E-state index contributed by atoms with van der Waals surface area (Å²) < 4.78 is 31.1. The van der Waals surface area contributed by atoms with Gasteiger partial charge in [-0.15, -0.1) is 11.6 Å². The second-order valence-corrected chi connectivity index (χ2v) is 10.4. The van der Waals surface area contributed by atoms with Crippen LogP contribution in [-0.2, 0) is 13.1 Å². The molecule has 1 amide bonds. The molecule has 8 rings (SSSR count). The summed E-state index contributed by atoms with van der Waals surface area (Å²) in [5.74, 6) is -0.775. The van der Waals surface area contributed by atoms with Gasteiger partial charge in [0.05, 0.1) is 23.9 Å². The van der Waals surface area contributed by atoms with E-state index >= 15 is 0 Å². The first-order valence-corrected chi connectivity index (χ1v) is 14.5. The highest BCUT2D eigenvalue weighted by atomic mass is 19.1. The number of nitrogens with two attached hydrogens (primary N) is 1. The molecule has 15 nitrogen and oxygen atoms in total. The zero-order valence-corrected chi connectivity index (χ0v) is 25.2. The number of carbonyl (C=O) groups excluding carboxylic acids is 1. The Morgan fingerprint density at radius 3 is 1.71 bits per heavy atom. The molecule has 0 radical (unpaired) electrons. The molecule has 0 fully saturated rings. The topological polar surface area (TPSA) is 192 Å². The van der Waals surface area contributed by atoms with Crippen molar-refractivity contribution in [2.45, 2.75) is 13.1 Å². The van der Waals surface area contributed by atoms with E-state index in [-0.39, 0.29) is 42.3 Å². The maximum Gasteiger partial charge on any atom is 0.357 e. The molecule has 17 heteroatoms. The van der Waals surface area contributed by atoms with Crippen molar-refractivity contribution in [1.82, 2.24) is 59.9 Å². The van der Waals surface area contributed by atoms with Gasteiger partial charge in [-0.05, 0) is 36.4 Å². The molecule has 0 unspecified atom stereocenters. The molecule has 0 aliphatic carbocycles. The van der Waals surface area contributed by atoms with E-state index in [1.807, 2.05) is 12.1 Å². The highest BCUT2D eigenvalue weighted by Crippen LogP contribution is 2.27. The Hall–Kier alpha value is -7.22. The van der Waals surface area contributed by atoms with E-state index in [9.17, 15) is 13.6 Å². The lowest BCUT2D eigenvalue weighted by Crippen LogP contribution is -2.12. The second kappa shape index (κ2) is 12.9. The molecule has 0 bridgehead atoms. The van der Waals surface area contributed by atoms with Crippen LogP contribution in [0, 0.1) is 18.2 Å². The second-order valence-electron chi connectivity index (χ2n) is 10.4. The minimum atomic E-state index is -0.716. The Balaban J connectivity index is 0.000000154. The van der Waals surface area contributed by atoms with Gasteiger partial charge in [0.25, 0.3) is 11.7 Å². The minimum Gasteiger partial charge on any atom is -0.395 e. The highest BCUT2D eigenvalue weighted by molar-refractivity contribution is 5.92. The maximum atomic E-state index is 14.0. The van der Waals surface area contributed by atoms with Crippen LogP contribution in [0.4, 0.5) is 14.7 Å². The first-order chi connectivity index (χ1) is 23.9. The lowest BCUT2D eigenvalue weighted by atomic mass is 10.2. The van der Waals surface area contributed by atoms with Crippen molar-refractivity contribution in [3.63, 3.8) is 0 Å². The van der Waals surface area contributed by atoms with Crippen LogP contribution in [0.5, 0.6) is 0 Å². The van der Waals surface area contributed by atoms with E-state index in [0.29, 0.717) is 45.0 Å². The Kier molecular flexibility index (Phi) is 8.00. The number of hydrogen-bond acceptors (Lipinski definition) is 9. The lowest BCUT2D eigenvalue weighted by molar-refractivity contribution is 0.0991. The molecular weight excluding hydrogens is 634 g/mol. The molecule has 0 saturated heterocycles.